The van der Waals surface area contributed by atoms with Gasteiger partial charge >= 0.3 is 0 Å². The van der Waals surface area contributed by atoms with Gasteiger partial charge in [0.25, 0.3) is 0 Å². The second-order valence-corrected chi connectivity index (χ2v) is 4.92. The van der Waals surface area contributed by atoms with Crippen LogP contribution in [0.1, 0.15) is 24.3 Å². The summed E-state index contributed by atoms with van der Waals surface area (Å²) in [6.07, 6.45) is 2.23. The van der Waals surface area contributed by atoms with Gasteiger partial charge in [0, 0.05) is 14.6 Å². The zero-order chi connectivity index (χ0) is 10.1. The number of rotatable bonds is 2. The van der Waals surface area contributed by atoms with Crippen molar-refractivity contribution in [2.75, 3.05) is 0 Å². The van der Waals surface area contributed by atoms with Gasteiger partial charge in [0.1, 0.15) is 0 Å². The number of hydrogen-bond donors (Lipinski definition) is 0. The maximum atomic E-state index is 6.00. The van der Waals surface area contributed by atoms with Crippen molar-refractivity contribution in [2.24, 2.45) is 0 Å². The number of aryl methyl sites for hydroxylation is 2. The minimum absolute atomic E-state index is 0.840. The Balaban J connectivity index is 2.74. The van der Waals surface area contributed by atoms with Gasteiger partial charge in [0.15, 0.2) is 0 Å². The molecule has 0 aliphatic heterocycles. The summed E-state index contributed by atoms with van der Waals surface area (Å²) in [6.45, 7) is 4.42. The van der Waals surface area contributed by atoms with Gasteiger partial charge in [0.2, 0.25) is 0 Å². The van der Waals surface area contributed by atoms with Gasteiger partial charge in [-0.1, -0.05) is 25.4 Å². The Morgan fingerprint density at radius 1 is 1.21 bits per heavy atom. The molecule has 0 saturated heterocycles. The van der Waals surface area contributed by atoms with Crippen LogP contribution in [-0.4, -0.2) is 0 Å². The van der Waals surface area contributed by atoms with E-state index in [-0.39, 0.29) is 0 Å². The summed E-state index contributed by atoms with van der Waals surface area (Å²) in [7, 11) is 0. The van der Waals surface area contributed by atoms with Crippen molar-refractivity contribution in [1.29, 1.82) is 0 Å². The summed E-state index contributed by atoms with van der Waals surface area (Å²) in [6, 6.07) is 6.19. The first-order chi connectivity index (χ1) is 6.76. The van der Waals surface area contributed by atoms with Crippen LogP contribution in [0.15, 0.2) is 18.2 Å². The molecule has 0 spiro atoms. The van der Waals surface area contributed by atoms with Crippen molar-refractivity contribution >= 4 is 33.0 Å². The molecule has 2 rings (SSSR count). The first-order valence-corrected chi connectivity index (χ1v) is 6.15. The van der Waals surface area contributed by atoms with Crippen LogP contribution >= 0.6 is 22.9 Å². The molecule has 0 N–H and O–H groups in total. The number of thiophene rings is 1. The fraction of sp³-hybridized carbons (Fsp3) is 0.333. The molecule has 0 bridgehead atoms. The van der Waals surface area contributed by atoms with Gasteiger partial charge in [0.05, 0.1) is 0 Å². The summed E-state index contributed by atoms with van der Waals surface area (Å²) < 4.78 is 1.36. The van der Waals surface area contributed by atoms with Crippen molar-refractivity contribution < 1.29 is 0 Å². The average molecular weight is 225 g/mol. The molecule has 0 atom stereocenters. The first kappa shape index (κ1) is 10.0. The van der Waals surface area contributed by atoms with Crippen LogP contribution in [0.4, 0.5) is 0 Å². The minimum Gasteiger partial charge on any atom is -0.140 e. The van der Waals surface area contributed by atoms with Crippen molar-refractivity contribution in [2.45, 2.75) is 26.7 Å². The lowest BCUT2D eigenvalue weighted by Crippen LogP contribution is -1.83. The monoisotopic (exact) mass is 224 g/mol. The van der Waals surface area contributed by atoms with Gasteiger partial charge in [-0.05, 0) is 42.0 Å². The average Bonchev–Trinajstić information content (AvgIpc) is 2.54. The smallest absolute Gasteiger partial charge is 0.0413 e. The minimum atomic E-state index is 0.840. The standard InChI is InChI=1S/C12H13ClS/c1-3-9-10-7-8(13)5-6-12(10)14-11(9)4-2/h5-7H,3-4H2,1-2H3. The predicted molar refractivity (Wildman–Crippen MR) is 65.6 cm³/mol. The maximum absolute atomic E-state index is 6.00. The maximum Gasteiger partial charge on any atom is 0.0413 e. The zero-order valence-electron chi connectivity index (χ0n) is 8.43. The molecule has 2 aromatic rings. The third kappa shape index (κ3) is 1.55. The van der Waals surface area contributed by atoms with E-state index in [9.17, 15) is 0 Å². The number of hydrogen-bond acceptors (Lipinski definition) is 1. The molecule has 0 radical (unpaired) electrons. The molecule has 0 amide bonds. The van der Waals surface area contributed by atoms with Crippen LogP contribution in [0.5, 0.6) is 0 Å². The van der Waals surface area contributed by atoms with Crippen molar-refractivity contribution in [3.63, 3.8) is 0 Å². The van der Waals surface area contributed by atoms with Crippen molar-refractivity contribution in [3.8, 4) is 0 Å². The summed E-state index contributed by atoms with van der Waals surface area (Å²) in [4.78, 5) is 1.50. The van der Waals surface area contributed by atoms with E-state index in [1.54, 1.807) is 0 Å². The Labute approximate surface area is 93.5 Å². The topological polar surface area (TPSA) is 0 Å². The number of benzene rings is 1. The Hall–Kier alpha value is -0.530. The van der Waals surface area contributed by atoms with Crippen LogP contribution in [0.25, 0.3) is 10.1 Å². The van der Waals surface area contributed by atoms with E-state index >= 15 is 0 Å². The molecule has 1 heterocycles. The highest BCUT2D eigenvalue weighted by Gasteiger charge is 2.08. The van der Waals surface area contributed by atoms with Crippen LogP contribution < -0.4 is 0 Å². The second-order valence-electron chi connectivity index (χ2n) is 3.35. The van der Waals surface area contributed by atoms with E-state index in [1.807, 2.05) is 17.4 Å². The molecule has 0 aliphatic carbocycles. The molecule has 0 nitrogen and oxygen atoms in total. The Bertz CT molecular complexity index is 457. The summed E-state index contributed by atoms with van der Waals surface area (Å²) >= 11 is 7.90. The molecule has 0 unspecified atom stereocenters. The van der Waals surface area contributed by atoms with Crippen LogP contribution in [0.3, 0.4) is 0 Å². The van der Waals surface area contributed by atoms with E-state index in [4.69, 9.17) is 11.6 Å². The highest BCUT2D eigenvalue weighted by Crippen LogP contribution is 2.33. The number of fused-ring (bicyclic) bond motifs is 1. The molecule has 1 aromatic heterocycles. The molecule has 2 heteroatoms. The summed E-state index contributed by atoms with van der Waals surface area (Å²) in [5.74, 6) is 0. The SMILES string of the molecule is CCc1sc2ccc(Cl)cc2c1CC. The molecule has 14 heavy (non-hydrogen) atoms. The van der Waals surface area contributed by atoms with Crippen LogP contribution in [0.2, 0.25) is 5.02 Å². The quantitative estimate of drug-likeness (QED) is 0.695. The second kappa shape index (κ2) is 3.92. The molecule has 0 aliphatic rings. The lowest BCUT2D eigenvalue weighted by Gasteiger charge is -1.97. The zero-order valence-corrected chi connectivity index (χ0v) is 10.0. The molecule has 1 aromatic carbocycles. The Morgan fingerprint density at radius 3 is 2.64 bits per heavy atom. The molecule has 74 valence electrons. The normalized spacial score (nSPS) is 11.1. The summed E-state index contributed by atoms with van der Waals surface area (Å²) in [5, 5.41) is 2.19. The van der Waals surface area contributed by atoms with Crippen LogP contribution in [-0.2, 0) is 12.8 Å². The van der Waals surface area contributed by atoms with E-state index in [0.717, 1.165) is 17.9 Å². The largest absolute Gasteiger partial charge is 0.140 e. The van der Waals surface area contributed by atoms with Crippen molar-refractivity contribution in [3.05, 3.63) is 33.7 Å². The highest BCUT2D eigenvalue weighted by molar-refractivity contribution is 7.19. The van der Waals surface area contributed by atoms with E-state index in [0.29, 0.717) is 0 Å². The Kier molecular flexibility index (Phi) is 2.80. The lowest BCUT2D eigenvalue weighted by molar-refractivity contribution is 1.08. The summed E-state index contributed by atoms with van der Waals surface area (Å²) in [5.41, 5.74) is 1.48. The van der Waals surface area contributed by atoms with Gasteiger partial charge in [-0.2, -0.15) is 0 Å². The predicted octanol–water partition coefficient (Wildman–Crippen LogP) is 4.68. The Morgan fingerprint density at radius 2 is 2.00 bits per heavy atom. The fourth-order valence-electron chi connectivity index (χ4n) is 1.84. The molecule has 0 fully saturated rings. The third-order valence-electron chi connectivity index (χ3n) is 2.51. The van der Waals surface area contributed by atoms with Gasteiger partial charge < -0.3 is 0 Å². The van der Waals surface area contributed by atoms with E-state index < -0.39 is 0 Å². The van der Waals surface area contributed by atoms with Gasteiger partial charge in [-0.3, -0.25) is 0 Å². The molecule has 0 saturated carbocycles. The van der Waals surface area contributed by atoms with E-state index in [2.05, 4.69) is 26.0 Å². The number of halogens is 1. The lowest BCUT2D eigenvalue weighted by atomic mass is 10.1. The highest BCUT2D eigenvalue weighted by atomic mass is 35.5. The van der Waals surface area contributed by atoms with Crippen LogP contribution in [0, 0.1) is 0 Å². The van der Waals surface area contributed by atoms with Crippen molar-refractivity contribution in [1.82, 2.24) is 0 Å². The molecular formula is C12H13ClS. The first-order valence-electron chi connectivity index (χ1n) is 4.96. The van der Waals surface area contributed by atoms with Gasteiger partial charge in [-0.15, -0.1) is 11.3 Å². The fourth-order valence-corrected chi connectivity index (χ4v) is 3.23. The third-order valence-corrected chi connectivity index (χ3v) is 4.10. The van der Waals surface area contributed by atoms with E-state index in [1.165, 1.54) is 20.5 Å². The molecular weight excluding hydrogens is 212 g/mol. The van der Waals surface area contributed by atoms with Gasteiger partial charge in [-0.25, -0.2) is 0 Å².